The highest BCUT2D eigenvalue weighted by Gasteiger charge is 2.08. The maximum atomic E-state index is 13.4. The number of amides is 2. The van der Waals surface area contributed by atoms with E-state index in [1.165, 1.54) is 29.3 Å². The Labute approximate surface area is 156 Å². The van der Waals surface area contributed by atoms with Gasteiger partial charge in [0.1, 0.15) is 0 Å². The molecule has 7 heteroatoms. The van der Waals surface area contributed by atoms with Gasteiger partial charge >= 0.3 is 0 Å². The van der Waals surface area contributed by atoms with Crippen molar-refractivity contribution in [3.8, 4) is 5.75 Å². The summed E-state index contributed by atoms with van der Waals surface area (Å²) < 4.78 is 18.4. The van der Waals surface area contributed by atoms with Gasteiger partial charge in [-0.3, -0.25) is 20.4 Å². The molecular weight excluding hydrogens is 355 g/mol. The van der Waals surface area contributed by atoms with Crippen molar-refractivity contribution >= 4 is 23.6 Å². The lowest BCUT2D eigenvalue weighted by Gasteiger charge is -2.09. The zero-order valence-electron chi connectivity index (χ0n) is 14.7. The van der Waals surface area contributed by atoms with E-state index in [4.69, 9.17) is 4.74 Å². The fourth-order valence-corrected chi connectivity index (χ4v) is 2.96. The maximum Gasteiger partial charge on any atom is 0.276 e. The number of carbonyl (C=O) groups excluding carboxylic acids is 2. The van der Waals surface area contributed by atoms with Crippen LogP contribution in [0.15, 0.2) is 47.4 Å². The SMILES string of the molecule is Cc1ccc(SCCC(=O)NNC(=O)COc2ccccc2F)cc1C. The molecule has 0 aromatic heterocycles. The van der Waals surface area contributed by atoms with Crippen LogP contribution >= 0.6 is 11.8 Å². The monoisotopic (exact) mass is 376 g/mol. The van der Waals surface area contributed by atoms with E-state index in [1.807, 2.05) is 19.1 Å². The van der Waals surface area contributed by atoms with Crippen molar-refractivity contribution in [2.45, 2.75) is 25.2 Å². The summed E-state index contributed by atoms with van der Waals surface area (Å²) in [7, 11) is 0. The Morgan fingerprint density at radius 2 is 1.77 bits per heavy atom. The fraction of sp³-hybridized carbons (Fsp3) is 0.263. The van der Waals surface area contributed by atoms with Gasteiger partial charge in [-0.05, 0) is 49.2 Å². The minimum absolute atomic E-state index is 0.0150. The van der Waals surface area contributed by atoms with Crippen LogP contribution in [-0.2, 0) is 9.59 Å². The van der Waals surface area contributed by atoms with Gasteiger partial charge in [0, 0.05) is 17.1 Å². The van der Waals surface area contributed by atoms with Crippen molar-refractivity contribution in [2.24, 2.45) is 0 Å². The number of hydrazine groups is 1. The number of aryl methyl sites for hydroxylation is 2. The molecule has 0 radical (unpaired) electrons. The molecule has 0 spiro atoms. The van der Waals surface area contributed by atoms with Gasteiger partial charge in [-0.2, -0.15) is 0 Å². The minimum atomic E-state index is -0.566. The number of hydrogen-bond acceptors (Lipinski definition) is 4. The summed E-state index contributed by atoms with van der Waals surface area (Å²) >= 11 is 1.58. The van der Waals surface area contributed by atoms with Crippen LogP contribution in [0.25, 0.3) is 0 Å². The number of halogens is 1. The second-order valence-corrected chi connectivity index (χ2v) is 6.83. The Morgan fingerprint density at radius 1 is 1.04 bits per heavy atom. The lowest BCUT2D eigenvalue weighted by molar-refractivity contribution is -0.129. The molecule has 2 rings (SSSR count). The molecule has 5 nitrogen and oxygen atoms in total. The van der Waals surface area contributed by atoms with E-state index in [9.17, 15) is 14.0 Å². The zero-order valence-corrected chi connectivity index (χ0v) is 15.5. The van der Waals surface area contributed by atoms with Gasteiger partial charge in [0.15, 0.2) is 18.2 Å². The minimum Gasteiger partial charge on any atom is -0.481 e. The molecule has 2 aromatic rings. The highest BCUT2D eigenvalue weighted by Crippen LogP contribution is 2.21. The summed E-state index contributed by atoms with van der Waals surface area (Å²) in [6.07, 6.45) is 0.256. The Hall–Kier alpha value is -2.54. The molecule has 0 saturated heterocycles. The molecule has 2 N–H and O–H groups in total. The summed E-state index contributed by atoms with van der Waals surface area (Å²) in [6, 6.07) is 11.9. The molecule has 2 amide bonds. The van der Waals surface area contributed by atoms with Crippen molar-refractivity contribution in [1.29, 1.82) is 0 Å². The number of hydrogen-bond donors (Lipinski definition) is 2. The molecule has 0 unspecified atom stereocenters. The maximum absolute atomic E-state index is 13.4. The van der Waals surface area contributed by atoms with Crippen molar-refractivity contribution in [1.82, 2.24) is 10.9 Å². The lowest BCUT2D eigenvalue weighted by Crippen LogP contribution is -2.43. The number of rotatable bonds is 7. The van der Waals surface area contributed by atoms with Gasteiger partial charge in [0.05, 0.1) is 0 Å². The summed E-state index contributed by atoms with van der Waals surface area (Å²) in [4.78, 5) is 24.5. The third-order valence-electron chi connectivity index (χ3n) is 3.61. The van der Waals surface area contributed by atoms with Crippen LogP contribution in [0, 0.1) is 19.7 Å². The van der Waals surface area contributed by atoms with Gasteiger partial charge in [0.25, 0.3) is 5.91 Å². The second kappa shape index (κ2) is 9.82. The van der Waals surface area contributed by atoms with E-state index in [2.05, 4.69) is 23.8 Å². The quantitative estimate of drug-likeness (QED) is 0.575. The van der Waals surface area contributed by atoms with Crippen LogP contribution < -0.4 is 15.6 Å². The number of para-hydroxylation sites is 1. The molecule has 0 aliphatic heterocycles. The van der Waals surface area contributed by atoms with Crippen LogP contribution in [0.2, 0.25) is 0 Å². The Balaban J connectivity index is 1.64. The van der Waals surface area contributed by atoms with E-state index in [-0.39, 0.29) is 18.1 Å². The van der Waals surface area contributed by atoms with E-state index >= 15 is 0 Å². The zero-order chi connectivity index (χ0) is 18.9. The molecule has 0 heterocycles. The summed E-state index contributed by atoms with van der Waals surface area (Å²) in [5.74, 6) is -0.842. The third kappa shape index (κ3) is 6.40. The van der Waals surface area contributed by atoms with E-state index in [1.54, 1.807) is 17.8 Å². The Bertz CT molecular complexity index is 783. The summed E-state index contributed by atoms with van der Waals surface area (Å²) in [6.45, 7) is 3.71. The molecule has 0 aliphatic rings. The van der Waals surface area contributed by atoms with Gasteiger partial charge in [-0.25, -0.2) is 4.39 Å². The first-order chi connectivity index (χ1) is 12.5. The molecular formula is C19H21FN2O3S. The first-order valence-electron chi connectivity index (χ1n) is 8.11. The molecule has 0 atom stereocenters. The highest BCUT2D eigenvalue weighted by atomic mass is 32.2. The van der Waals surface area contributed by atoms with E-state index in [0.29, 0.717) is 5.75 Å². The molecule has 138 valence electrons. The van der Waals surface area contributed by atoms with E-state index in [0.717, 1.165) is 4.90 Å². The first-order valence-corrected chi connectivity index (χ1v) is 9.09. The Kier molecular flexibility index (Phi) is 7.47. The predicted molar refractivity (Wildman–Crippen MR) is 99.4 cm³/mol. The second-order valence-electron chi connectivity index (χ2n) is 5.66. The number of nitrogens with one attached hydrogen (secondary N) is 2. The normalized spacial score (nSPS) is 10.3. The summed E-state index contributed by atoms with van der Waals surface area (Å²) in [5.41, 5.74) is 7.00. The Morgan fingerprint density at radius 3 is 2.50 bits per heavy atom. The van der Waals surface area contributed by atoms with Crippen LogP contribution in [0.4, 0.5) is 4.39 Å². The number of carbonyl (C=O) groups is 2. The van der Waals surface area contributed by atoms with Crippen molar-refractivity contribution in [2.75, 3.05) is 12.4 Å². The molecule has 2 aromatic carbocycles. The number of benzene rings is 2. The van der Waals surface area contributed by atoms with Gasteiger partial charge < -0.3 is 4.74 Å². The van der Waals surface area contributed by atoms with Gasteiger partial charge in [-0.1, -0.05) is 18.2 Å². The van der Waals surface area contributed by atoms with Crippen LogP contribution in [0.1, 0.15) is 17.5 Å². The lowest BCUT2D eigenvalue weighted by atomic mass is 10.1. The number of ether oxygens (including phenoxy) is 1. The third-order valence-corrected chi connectivity index (χ3v) is 4.61. The van der Waals surface area contributed by atoms with Gasteiger partial charge in [0.2, 0.25) is 5.91 Å². The molecule has 0 bridgehead atoms. The van der Waals surface area contributed by atoms with Crippen molar-refractivity contribution in [3.05, 3.63) is 59.4 Å². The standard InChI is InChI=1S/C19H21FN2O3S/c1-13-7-8-15(11-14(13)2)26-10-9-18(23)21-22-19(24)12-25-17-6-4-3-5-16(17)20/h3-8,11H,9-10,12H2,1-2H3,(H,21,23)(H,22,24). The van der Waals surface area contributed by atoms with Crippen LogP contribution in [0.5, 0.6) is 5.75 Å². The van der Waals surface area contributed by atoms with Crippen LogP contribution in [0.3, 0.4) is 0 Å². The van der Waals surface area contributed by atoms with Gasteiger partial charge in [-0.15, -0.1) is 11.8 Å². The highest BCUT2D eigenvalue weighted by molar-refractivity contribution is 7.99. The van der Waals surface area contributed by atoms with Crippen molar-refractivity contribution < 1.29 is 18.7 Å². The predicted octanol–water partition coefficient (Wildman–Crippen LogP) is 3.15. The number of thioether (sulfide) groups is 1. The fourth-order valence-electron chi connectivity index (χ4n) is 2.01. The smallest absolute Gasteiger partial charge is 0.276 e. The van der Waals surface area contributed by atoms with Crippen LogP contribution in [-0.4, -0.2) is 24.2 Å². The average Bonchev–Trinajstić information content (AvgIpc) is 2.62. The average molecular weight is 376 g/mol. The first kappa shape index (κ1) is 19.8. The largest absolute Gasteiger partial charge is 0.481 e. The topological polar surface area (TPSA) is 67.4 Å². The van der Waals surface area contributed by atoms with Crippen molar-refractivity contribution in [3.63, 3.8) is 0 Å². The summed E-state index contributed by atoms with van der Waals surface area (Å²) in [5, 5.41) is 0. The molecule has 0 aliphatic carbocycles. The molecule has 0 fully saturated rings. The molecule has 0 saturated carbocycles. The van der Waals surface area contributed by atoms with E-state index < -0.39 is 18.3 Å². The molecule has 26 heavy (non-hydrogen) atoms.